The molecule has 1 heterocycles. The maximum Gasteiger partial charge on any atom is 0.339 e. The van der Waals surface area contributed by atoms with Crippen LogP contribution in [-0.2, 0) is 4.74 Å². The Balaban J connectivity index is 2.40. The summed E-state index contributed by atoms with van der Waals surface area (Å²) in [5.41, 5.74) is 0.374. The molecule has 0 aromatic carbocycles. The minimum Gasteiger partial charge on any atom is -0.465 e. The SMILES string of the molecule is COC(=O)c1ccc(=O)n(C2CC2)c1. The first kappa shape index (κ1) is 8.99. The molecule has 0 radical (unpaired) electrons. The molecular formula is C10H11NO3. The number of methoxy groups -OCH3 is 1. The van der Waals surface area contributed by atoms with Crippen molar-refractivity contribution >= 4 is 5.97 Å². The second-order valence-electron chi connectivity index (χ2n) is 3.39. The molecule has 1 aliphatic carbocycles. The molecule has 1 saturated carbocycles. The number of aromatic nitrogens is 1. The molecule has 4 nitrogen and oxygen atoms in total. The van der Waals surface area contributed by atoms with Crippen molar-refractivity contribution in [2.45, 2.75) is 18.9 Å². The third-order valence-corrected chi connectivity index (χ3v) is 2.30. The van der Waals surface area contributed by atoms with Crippen molar-refractivity contribution in [2.24, 2.45) is 0 Å². The Bertz CT molecular complexity index is 418. The van der Waals surface area contributed by atoms with E-state index in [2.05, 4.69) is 4.74 Å². The van der Waals surface area contributed by atoms with Gasteiger partial charge in [0.25, 0.3) is 5.56 Å². The number of pyridine rings is 1. The van der Waals surface area contributed by atoms with E-state index in [0.29, 0.717) is 5.56 Å². The number of nitrogens with zero attached hydrogens (tertiary/aromatic N) is 1. The molecular weight excluding hydrogens is 182 g/mol. The van der Waals surface area contributed by atoms with Gasteiger partial charge in [0.05, 0.1) is 12.7 Å². The standard InChI is InChI=1S/C10H11NO3/c1-14-10(13)7-2-5-9(12)11(6-7)8-3-4-8/h2,5-6,8H,3-4H2,1H3. The smallest absolute Gasteiger partial charge is 0.339 e. The van der Waals surface area contributed by atoms with Crippen molar-refractivity contribution in [3.8, 4) is 0 Å². The molecule has 0 bridgehead atoms. The summed E-state index contributed by atoms with van der Waals surface area (Å²) in [6.45, 7) is 0. The van der Waals surface area contributed by atoms with Gasteiger partial charge < -0.3 is 9.30 Å². The Morgan fingerprint density at radius 2 is 2.21 bits per heavy atom. The van der Waals surface area contributed by atoms with Crippen LogP contribution >= 0.6 is 0 Å². The Morgan fingerprint density at radius 3 is 2.79 bits per heavy atom. The zero-order valence-corrected chi connectivity index (χ0v) is 7.90. The summed E-state index contributed by atoms with van der Waals surface area (Å²) in [4.78, 5) is 22.6. The van der Waals surface area contributed by atoms with Gasteiger partial charge in [0, 0.05) is 18.3 Å². The maximum atomic E-state index is 11.4. The van der Waals surface area contributed by atoms with E-state index in [1.165, 1.54) is 19.2 Å². The predicted octanol–water partition coefficient (Wildman–Crippen LogP) is 0.970. The van der Waals surface area contributed by atoms with Crippen LogP contribution in [0.2, 0.25) is 0 Å². The van der Waals surface area contributed by atoms with Crippen molar-refractivity contribution in [1.82, 2.24) is 4.57 Å². The largest absolute Gasteiger partial charge is 0.465 e. The van der Waals surface area contributed by atoms with Gasteiger partial charge in [-0.1, -0.05) is 0 Å². The summed E-state index contributed by atoms with van der Waals surface area (Å²) < 4.78 is 6.18. The van der Waals surface area contributed by atoms with Crippen LogP contribution in [-0.4, -0.2) is 17.6 Å². The molecule has 0 spiro atoms. The zero-order chi connectivity index (χ0) is 10.1. The van der Waals surface area contributed by atoms with Crippen molar-refractivity contribution in [1.29, 1.82) is 0 Å². The van der Waals surface area contributed by atoms with Crippen LogP contribution in [0.25, 0.3) is 0 Å². The molecule has 0 unspecified atom stereocenters. The van der Waals surface area contributed by atoms with Crippen LogP contribution in [0.5, 0.6) is 0 Å². The minimum atomic E-state index is -0.403. The topological polar surface area (TPSA) is 48.3 Å². The van der Waals surface area contributed by atoms with E-state index in [1.807, 2.05) is 0 Å². The highest BCUT2D eigenvalue weighted by molar-refractivity contribution is 5.88. The van der Waals surface area contributed by atoms with Gasteiger partial charge in [-0.3, -0.25) is 4.79 Å². The van der Waals surface area contributed by atoms with E-state index in [4.69, 9.17) is 0 Å². The van der Waals surface area contributed by atoms with Crippen molar-refractivity contribution in [3.63, 3.8) is 0 Å². The summed E-state index contributed by atoms with van der Waals surface area (Å²) >= 11 is 0. The summed E-state index contributed by atoms with van der Waals surface area (Å²) in [6, 6.07) is 3.18. The molecule has 0 atom stereocenters. The number of hydrogen-bond acceptors (Lipinski definition) is 3. The zero-order valence-electron chi connectivity index (χ0n) is 7.90. The van der Waals surface area contributed by atoms with Gasteiger partial charge in [-0.2, -0.15) is 0 Å². The summed E-state index contributed by atoms with van der Waals surface area (Å²) in [5.74, 6) is -0.403. The number of hydrogen-bond donors (Lipinski definition) is 0. The van der Waals surface area contributed by atoms with E-state index in [-0.39, 0.29) is 11.6 Å². The first-order chi connectivity index (χ1) is 6.72. The van der Waals surface area contributed by atoms with E-state index in [9.17, 15) is 9.59 Å². The van der Waals surface area contributed by atoms with Gasteiger partial charge in [0.15, 0.2) is 0 Å². The van der Waals surface area contributed by atoms with Crippen molar-refractivity contribution in [2.75, 3.05) is 7.11 Å². The number of carbonyl (C=O) groups is 1. The van der Waals surface area contributed by atoms with Crippen LogP contribution < -0.4 is 5.56 Å². The molecule has 1 fully saturated rings. The van der Waals surface area contributed by atoms with Crippen LogP contribution in [0.1, 0.15) is 29.2 Å². The van der Waals surface area contributed by atoms with E-state index in [0.717, 1.165) is 12.8 Å². The lowest BCUT2D eigenvalue weighted by atomic mass is 10.3. The Labute approximate surface area is 81.1 Å². The predicted molar refractivity (Wildman–Crippen MR) is 50.3 cm³/mol. The first-order valence-corrected chi connectivity index (χ1v) is 4.53. The molecule has 14 heavy (non-hydrogen) atoms. The number of carbonyl (C=O) groups excluding carboxylic acids is 1. The summed E-state index contributed by atoms with van der Waals surface area (Å²) in [6.07, 6.45) is 3.61. The lowest BCUT2D eigenvalue weighted by Crippen LogP contribution is -2.19. The van der Waals surface area contributed by atoms with Crippen molar-refractivity contribution in [3.05, 3.63) is 34.2 Å². The number of ether oxygens (including phenoxy) is 1. The van der Waals surface area contributed by atoms with Crippen molar-refractivity contribution < 1.29 is 9.53 Å². The van der Waals surface area contributed by atoms with E-state index >= 15 is 0 Å². The third-order valence-electron chi connectivity index (χ3n) is 2.30. The van der Waals surface area contributed by atoms with Gasteiger partial charge >= 0.3 is 5.97 Å². The fourth-order valence-electron chi connectivity index (χ4n) is 1.38. The second-order valence-corrected chi connectivity index (χ2v) is 3.39. The monoisotopic (exact) mass is 193 g/mol. The lowest BCUT2D eigenvalue weighted by molar-refractivity contribution is 0.0599. The maximum absolute atomic E-state index is 11.4. The van der Waals surface area contributed by atoms with Crippen LogP contribution in [0, 0.1) is 0 Å². The number of rotatable bonds is 2. The molecule has 0 aliphatic heterocycles. The normalized spacial score (nSPS) is 15.2. The second kappa shape index (κ2) is 3.29. The lowest BCUT2D eigenvalue weighted by Gasteiger charge is -2.04. The Hall–Kier alpha value is -1.58. The van der Waals surface area contributed by atoms with Crippen LogP contribution in [0.15, 0.2) is 23.1 Å². The minimum absolute atomic E-state index is 0.0554. The average molecular weight is 193 g/mol. The number of esters is 1. The molecule has 74 valence electrons. The first-order valence-electron chi connectivity index (χ1n) is 4.53. The Kier molecular flexibility index (Phi) is 2.11. The van der Waals surface area contributed by atoms with Gasteiger partial charge in [0.1, 0.15) is 0 Å². The van der Waals surface area contributed by atoms with E-state index < -0.39 is 5.97 Å². The Morgan fingerprint density at radius 1 is 1.50 bits per heavy atom. The molecule has 2 rings (SSSR count). The van der Waals surface area contributed by atoms with Gasteiger partial charge in [-0.15, -0.1) is 0 Å². The molecule has 1 aliphatic rings. The fraction of sp³-hybridized carbons (Fsp3) is 0.400. The average Bonchev–Trinajstić information content (AvgIpc) is 3.01. The van der Waals surface area contributed by atoms with Gasteiger partial charge in [0.2, 0.25) is 0 Å². The van der Waals surface area contributed by atoms with Gasteiger partial charge in [-0.25, -0.2) is 4.79 Å². The van der Waals surface area contributed by atoms with Crippen LogP contribution in [0.3, 0.4) is 0 Å². The molecule has 0 saturated heterocycles. The van der Waals surface area contributed by atoms with E-state index in [1.54, 1.807) is 10.8 Å². The highest BCUT2D eigenvalue weighted by Crippen LogP contribution is 2.33. The molecule has 1 aromatic rings. The molecule has 4 heteroatoms. The van der Waals surface area contributed by atoms with Crippen LogP contribution in [0.4, 0.5) is 0 Å². The molecule has 0 amide bonds. The third kappa shape index (κ3) is 1.55. The highest BCUT2D eigenvalue weighted by Gasteiger charge is 2.24. The molecule has 0 N–H and O–H groups in total. The summed E-state index contributed by atoms with van der Waals surface area (Å²) in [7, 11) is 1.33. The summed E-state index contributed by atoms with van der Waals surface area (Å²) in [5, 5.41) is 0. The highest BCUT2D eigenvalue weighted by atomic mass is 16.5. The molecule has 1 aromatic heterocycles. The quantitative estimate of drug-likeness (QED) is 0.657. The van der Waals surface area contributed by atoms with Gasteiger partial charge in [-0.05, 0) is 18.9 Å². The fourth-order valence-corrected chi connectivity index (χ4v) is 1.38.